The number of hydrazine groups is 1. The lowest BCUT2D eigenvalue weighted by molar-refractivity contribution is 0.0689. The van der Waals surface area contributed by atoms with Crippen LogP contribution in [-0.2, 0) is 0 Å². The minimum atomic E-state index is -0.194. The Balaban J connectivity index is 2.18. The molecular formula is C8H18N2O. The molecule has 1 fully saturated rings. The summed E-state index contributed by atoms with van der Waals surface area (Å²) in [6.07, 6.45) is 1.01. The van der Waals surface area contributed by atoms with E-state index in [0.717, 1.165) is 19.6 Å². The summed E-state index contributed by atoms with van der Waals surface area (Å²) in [6, 6.07) is 0. The Morgan fingerprint density at radius 3 is 2.73 bits per heavy atom. The van der Waals surface area contributed by atoms with Gasteiger partial charge in [-0.15, -0.1) is 0 Å². The van der Waals surface area contributed by atoms with Crippen molar-refractivity contribution in [1.82, 2.24) is 10.4 Å². The summed E-state index contributed by atoms with van der Waals surface area (Å²) in [5.74, 6) is 0.359. The SMILES string of the molecule is CC(C)C(O)CN1CCCN1. The average molecular weight is 158 g/mol. The van der Waals surface area contributed by atoms with Gasteiger partial charge in [0, 0.05) is 19.6 Å². The van der Waals surface area contributed by atoms with Crippen LogP contribution in [0.1, 0.15) is 20.3 Å². The molecule has 0 radical (unpaired) electrons. The maximum Gasteiger partial charge on any atom is 0.0704 e. The minimum absolute atomic E-state index is 0.194. The fourth-order valence-corrected chi connectivity index (χ4v) is 1.18. The average Bonchev–Trinajstić information content (AvgIpc) is 2.39. The number of nitrogens with zero attached hydrogens (tertiary/aromatic N) is 1. The molecule has 0 spiro atoms. The number of nitrogens with one attached hydrogen (secondary N) is 1. The molecule has 0 bridgehead atoms. The topological polar surface area (TPSA) is 35.5 Å². The predicted molar refractivity (Wildman–Crippen MR) is 45.0 cm³/mol. The molecule has 1 unspecified atom stereocenters. The third kappa shape index (κ3) is 2.77. The van der Waals surface area contributed by atoms with Gasteiger partial charge in [-0.25, -0.2) is 5.01 Å². The summed E-state index contributed by atoms with van der Waals surface area (Å²) in [7, 11) is 0. The number of β-amino-alcohol motifs (C(OH)–C–C–N with tert-alkyl or cyclic N) is 1. The molecule has 1 saturated heterocycles. The predicted octanol–water partition coefficient (Wildman–Crippen LogP) is 0.214. The Labute approximate surface area is 68.4 Å². The summed E-state index contributed by atoms with van der Waals surface area (Å²) in [5, 5.41) is 11.6. The van der Waals surface area contributed by atoms with Gasteiger partial charge in [0.05, 0.1) is 6.10 Å². The highest BCUT2D eigenvalue weighted by molar-refractivity contribution is 4.68. The van der Waals surface area contributed by atoms with E-state index in [9.17, 15) is 5.11 Å². The van der Waals surface area contributed by atoms with E-state index in [2.05, 4.69) is 10.4 Å². The van der Waals surface area contributed by atoms with Crippen LogP contribution in [0.25, 0.3) is 0 Å². The van der Waals surface area contributed by atoms with Gasteiger partial charge in [-0.1, -0.05) is 13.8 Å². The van der Waals surface area contributed by atoms with Gasteiger partial charge in [0.2, 0.25) is 0 Å². The molecule has 1 atom stereocenters. The van der Waals surface area contributed by atoms with Crippen LogP contribution in [0.5, 0.6) is 0 Å². The molecule has 66 valence electrons. The second-order valence-electron chi connectivity index (χ2n) is 3.52. The van der Waals surface area contributed by atoms with Crippen molar-refractivity contribution >= 4 is 0 Å². The van der Waals surface area contributed by atoms with E-state index in [0.29, 0.717) is 5.92 Å². The van der Waals surface area contributed by atoms with Crippen LogP contribution < -0.4 is 5.43 Å². The largest absolute Gasteiger partial charge is 0.391 e. The number of hydrogen-bond acceptors (Lipinski definition) is 3. The summed E-state index contributed by atoms with van der Waals surface area (Å²) in [6.45, 7) is 6.98. The van der Waals surface area contributed by atoms with Crippen LogP contribution in [0.4, 0.5) is 0 Å². The van der Waals surface area contributed by atoms with Crippen LogP contribution in [-0.4, -0.2) is 35.9 Å². The van der Waals surface area contributed by atoms with Crippen molar-refractivity contribution in [3.05, 3.63) is 0 Å². The maximum absolute atomic E-state index is 9.51. The maximum atomic E-state index is 9.51. The summed E-state index contributed by atoms with van der Waals surface area (Å²) in [5.41, 5.74) is 3.22. The summed E-state index contributed by atoms with van der Waals surface area (Å²) < 4.78 is 0. The van der Waals surface area contributed by atoms with Crippen molar-refractivity contribution in [1.29, 1.82) is 0 Å². The van der Waals surface area contributed by atoms with Crippen molar-refractivity contribution < 1.29 is 5.11 Å². The molecule has 1 rings (SSSR count). The molecule has 0 saturated carbocycles. The van der Waals surface area contributed by atoms with Gasteiger partial charge in [0.1, 0.15) is 0 Å². The highest BCUT2D eigenvalue weighted by atomic mass is 16.3. The lowest BCUT2D eigenvalue weighted by atomic mass is 10.1. The first kappa shape index (κ1) is 8.97. The zero-order valence-corrected chi connectivity index (χ0v) is 7.38. The van der Waals surface area contributed by atoms with Crippen molar-refractivity contribution in [2.24, 2.45) is 5.92 Å². The van der Waals surface area contributed by atoms with Crippen LogP contribution in [0.15, 0.2) is 0 Å². The third-order valence-electron chi connectivity index (χ3n) is 2.12. The molecule has 0 amide bonds. The number of aliphatic hydroxyl groups is 1. The van der Waals surface area contributed by atoms with Crippen molar-refractivity contribution in [2.75, 3.05) is 19.6 Å². The lowest BCUT2D eigenvalue weighted by Gasteiger charge is -2.21. The zero-order valence-electron chi connectivity index (χ0n) is 7.38. The molecule has 1 heterocycles. The minimum Gasteiger partial charge on any atom is -0.391 e. The van der Waals surface area contributed by atoms with Gasteiger partial charge in [0.25, 0.3) is 0 Å². The zero-order chi connectivity index (χ0) is 8.27. The third-order valence-corrected chi connectivity index (χ3v) is 2.12. The van der Waals surface area contributed by atoms with Gasteiger partial charge in [0.15, 0.2) is 0 Å². The lowest BCUT2D eigenvalue weighted by Crippen LogP contribution is -2.39. The molecule has 3 nitrogen and oxygen atoms in total. The molecule has 0 aliphatic carbocycles. The smallest absolute Gasteiger partial charge is 0.0704 e. The molecule has 1 aliphatic heterocycles. The summed E-state index contributed by atoms with van der Waals surface area (Å²) >= 11 is 0. The highest BCUT2D eigenvalue weighted by Gasteiger charge is 2.16. The first-order valence-electron chi connectivity index (χ1n) is 4.36. The summed E-state index contributed by atoms with van der Waals surface area (Å²) in [4.78, 5) is 0. The van der Waals surface area contributed by atoms with E-state index in [4.69, 9.17) is 0 Å². The van der Waals surface area contributed by atoms with E-state index >= 15 is 0 Å². The van der Waals surface area contributed by atoms with Gasteiger partial charge >= 0.3 is 0 Å². The van der Waals surface area contributed by atoms with Crippen molar-refractivity contribution in [3.63, 3.8) is 0 Å². The molecule has 1 aliphatic rings. The Bertz CT molecular complexity index is 111. The van der Waals surface area contributed by atoms with Crippen LogP contribution >= 0.6 is 0 Å². The Kier molecular flexibility index (Phi) is 3.30. The second-order valence-corrected chi connectivity index (χ2v) is 3.52. The first-order chi connectivity index (χ1) is 5.20. The molecule has 0 aromatic carbocycles. The monoisotopic (exact) mass is 158 g/mol. The van der Waals surface area contributed by atoms with E-state index in [-0.39, 0.29) is 6.10 Å². The molecule has 11 heavy (non-hydrogen) atoms. The van der Waals surface area contributed by atoms with Crippen LogP contribution in [0, 0.1) is 5.92 Å². The fraction of sp³-hybridized carbons (Fsp3) is 1.00. The quantitative estimate of drug-likeness (QED) is 0.616. The number of rotatable bonds is 3. The van der Waals surface area contributed by atoms with Gasteiger partial charge < -0.3 is 5.11 Å². The number of aliphatic hydroxyl groups excluding tert-OH is 1. The van der Waals surface area contributed by atoms with Crippen LogP contribution in [0.2, 0.25) is 0 Å². The fourth-order valence-electron chi connectivity index (χ4n) is 1.18. The molecule has 3 heteroatoms. The van der Waals surface area contributed by atoms with Crippen molar-refractivity contribution in [3.8, 4) is 0 Å². The van der Waals surface area contributed by atoms with Crippen molar-refractivity contribution in [2.45, 2.75) is 26.4 Å². The van der Waals surface area contributed by atoms with E-state index < -0.39 is 0 Å². The number of hydrogen-bond donors (Lipinski definition) is 2. The molecule has 0 aromatic heterocycles. The molecular weight excluding hydrogens is 140 g/mol. The second kappa shape index (κ2) is 4.04. The standard InChI is InChI=1S/C8H18N2O/c1-7(2)8(11)6-10-5-3-4-9-10/h7-9,11H,3-6H2,1-2H3. The van der Waals surface area contributed by atoms with Gasteiger partial charge in [-0.2, -0.15) is 0 Å². The van der Waals surface area contributed by atoms with Gasteiger partial charge in [-0.05, 0) is 12.3 Å². The Morgan fingerprint density at radius 1 is 1.55 bits per heavy atom. The highest BCUT2D eigenvalue weighted by Crippen LogP contribution is 2.04. The van der Waals surface area contributed by atoms with Crippen LogP contribution in [0.3, 0.4) is 0 Å². The van der Waals surface area contributed by atoms with Gasteiger partial charge in [-0.3, -0.25) is 5.43 Å². The molecule has 2 N–H and O–H groups in total. The van der Waals surface area contributed by atoms with E-state index in [1.807, 2.05) is 13.8 Å². The van der Waals surface area contributed by atoms with E-state index in [1.165, 1.54) is 6.42 Å². The normalized spacial score (nSPS) is 22.9. The first-order valence-corrected chi connectivity index (χ1v) is 4.36. The Morgan fingerprint density at radius 2 is 2.27 bits per heavy atom. The van der Waals surface area contributed by atoms with E-state index in [1.54, 1.807) is 0 Å². The Hall–Kier alpha value is -0.120. The molecule has 0 aromatic rings.